The molecule has 0 spiro atoms. The van der Waals surface area contributed by atoms with Gasteiger partial charge in [-0.3, -0.25) is 0 Å². The lowest BCUT2D eigenvalue weighted by atomic mass is 10.2. The van der Waals surface area contributed by atoms with E-state index in [1.54, 1.807) is 6.07 Å². The summed E-state index contributed by atoms with van der Waals surface area (Å²) in [5.74, 6) is 0. The molecule has 0 radical (unpaired) electrons. The normalized spacial score (nSPS) is 14.8. The molecule has 1 aromatic heterocycles. The van der Waals surface area contributed by atoms with E-state index in [-0.39, 0.29) is 0 Å². The zero-order valence-electron chi connectivity index (χ0n) is 10.4. The molecule has 1 aliphatic rings. The molecule has 1 fully saturated rings. The summed E-state index contributed by atoms with van der Waals surface area (Å²) in [6, 6.07) is 6.22. The third-order valence-corrected chi connectivity index (χ3v) is 3.80. The molecule has 1 N–H and O–H groups in total. The Morgan fingerprint density at radius 3 is 2.95 bits per heavy atom. The van der Waals surface area contributed by atoms with Crippen molar-refractivity contribution in [1.82, 2.24) is 14.9 Å². The monoisotopic (exact) mass is 295 g/mol. The first-order chi connectivity index (χ1) is 9.20. The van der Waals surface area contributed by atoms with Crippen LogP contribution in [0.3, 0.4) is 0 Å². The summed E-state index contributed by atoms with van der Waals surface area (Å²) < 4.78 is 2.03. The first-order valence-corrected chi connectivity index (χ1v) is 7.14. The highest BCUT2D eigenvalue weighted by Crippen LogP contribution is 2.22. The van der Waals surface area contributed by atoms with Crippen molar-refractivity contribution in [3.8, 4) is 0 Å². The molecular weight excluding hydrogens is 281 g/mol. The van der Waals surface area contributed by atoms with Gasteiger partial charge in [0.25, 0.3) is 0 Å². The number of imidazole rings is 1. The van der Waals surface area contributed by atoms with Crippen molar-refractivity contribution in [3.63, 3.8) is 0 Å². The van der Waals surface area contributed by atoms with Crippen LogP contribution in [0.2, 0.25) is 10.0 Å². The van der Waals surface area contributed by atoms with Gasteiger partial charge in [-0.25, -0.2) is 4.98 Å². The smallest absolute Gasteiger partial charge is 0.0953 e. The molecule has 1 heterocycles. The summed E-state index contributed by atoms with van der Waals surface area (Å²) >= 11 is 12.1. The van der Waals surface area contributed by atoms with E-state index < -0.39 is 0 Å². The lowest BCUT2D eigenvalue weighted by Gasteiger charge is -2.05. The number of rotatable bonds is 5. The van der Waals surface area contributed by atoms with Crippen molar-refractivity contribution >= 4 is 23.2 Å². The molecule has 0 amide bonds. The van der Waals surface area contributed by atoms with Crippen LogP contribution >= 0.6 is 23.2 Å². The maximum absolute atomic E-state index is 6.16. The summed E-state index contributed by atoms with van der Waals surface area (Å²) in [6.45, 7) is 1.52. The van der Waals surface area contributed by atoms with Crippen LogP contribution in [-0.2, 0) is 13.1 Å². The molecule has 2 aromatic rings. The van der Waals surface area contributed by atoms with Gasteiger partial charge in [0.1, 0.15) is 0 Å². The fourth-order valence-electron chi connectivity index (χ4n) is 1.98. The minimum atomic E-state index is 0.690. The second kappa shape index (κ2) is 5.53. The van der Waals surface area contributed by atoms with Crippen LogP contribution in [-0.4, -0.2) is 15.6 Å². The predicted molar refractivity (Wildman–Crippen MR) is 77.7 cm³/mol. The zero-order chi connectivity index (χ0) is 13.2. The molecule has 5 heteroatoms. The van der Waals surface area contributed by atoms with E-state index in [9.17, 15) is 0 Å². The minimum Gasteiger partial charge on any atom is -0.333 e. The Kier molecular flexibility index (Phi) is 3.78. The van der Waals surface area contributed by atoms with Crippen molar-refractivity contribution in [3.05, 3.63) is 52.0 Å². The van der Waals surface area contributed by atoms with Crippen molar-refractivity contribution in [2.75, 3.05) is 0 Å². The standard InChI is InChI=1S/C14H15Cl2N3/c15-11-1-4-14(16)10(5-11)7-19-8-13(18-9-19)6-17-12-2-3-12/h1,4-5,8-9,12,17H,2-3,6-7H2. The van der Waals surface area contributed by atoms with Gasteiger partial charge in [-0.15, -0.1) is 0 Å². The average molecular weight is 296 g/mol. The Balaban J connectivity index is 1.66. The maximum atomic E-state index is 6.16. The molecule has 3 rings (SSSR count). The van der Waals surface area contributed by atoms with Gasteiger partial charge in [0.15, 0.2) is 0 Å². The fraction of sp³-hybridized carbons (Fsp3) is 0.357. The van der Waals surface area contributed by atoms with Gasteiger partial charge in [-0.1, -0.05) is 23.2 Å². The van der Waals surface area contributed by atoms with Crippen LogP contribution < -0.4 is 5.32 Å². The highest BCUT2D eigenvalue weighted by molar-refractivity contribution is 6.33. The van der Waals surface area contributed by atoms with Crippen molar-refractivity contribution in [2.45, 2.75) is 32.0 Å². The Morgan fingerprint density at radius 1 is 1.32 bits per heavy atom. The molecule has 100 valence electrons. The van der Waals surface area contributed by atoms with Crippen LogP contribution in [0.4, 0.5) is 0 Å². The number of nitrogens with zero attached hydrogens (tertiary/aromatic N) is 2. The summed E-state index contributed by atoms with van der Waals surface area (Å²) in [6.07, 6.45) is 6.46. The minimum absolute atomic E-state index is 0.690. The predicted octanol–water partition coefficient (Wildman–Crippen LogP) is 3.49. The highest BCUT2D eigenvalue weighted by atomic mass is 35.5. The van der Waals surface area contributed by atoms with E-state index in [1.807, 2.05) is 29.2 Å². The van der Waals surface area contributed by atoms with Gasteiger partial charge >= 0.3 is 0 Å². The van der Waals surface area contributed by atoms with E-state index in [2.05, 4.69) is 10.3 Å². The van der Waals surface area contributed by atoms with Crippen LogP contribution in [0.15, 0.2) is 30.7 Å². The average Bonchev–Trinajstić information content (AvgIpc) is 3.12. The quantitative estimate of drug-likeness (QED) is 0.915. The first kappa shape index (κ1) is 13.0. The van der Waals surface area contributed by atoms with Gasteiger partial charge in [0.05, 0.1) is 18.6 Å². The molecule has 0 aliphatic heterocycles. The van der Waals surface area contributed by atoms with Crippen molar-refractivity contribution in [2.24, 2.45) is 0 Å². The number of aromatic nitrogens is 2. The first-order valence-electron chi connectivity index (χ1n) is 6.38. The summed E-state index contributed by atoms with van der Waals surface area (Å²) in [4.78, 5) is 4.39. The van der Waals surface area contributed by atoms with Gasteiger partial charge in [-0.05, 0) is 36.6 Å². The van der Waals surface area contributed by atoms with Crippen LogP contribution in [0.1, 0.15) is 24.1 Å². The summed E-state index contributed by atoms with van der Waals surface area (Å²) in [5, 5.41) is 4.88. The van der Waals surface area contributed by atoms with Crippen molar-refractivity contribution in [1.29, 1.82) is 0 Å². The van der Waals surface area contributed by atoms with E-state index in [4.69, 9.17) is 23.2 Å². The maximum Gasteiger partial charge on any atom is 0.0953 e. The Labute approximate surface area is 122 Å². The summed E-state index contributed by atoms with van der Waals surface area (Å²) in [7, 11) is 0. The Bertz CT molecular complexity index is 576. The largest absolute Gasteiger partial charge is 0.333 e. The Hall–Kier alpha value is -1.03. The zero-order valence-corrected chi connectivity index (χ0v) is 12.0. The van der Waals surface area contributed by atoms with E-state index >= 15 is 0 Å². The van der Waals surface area contributed by atoms with Gasteiger partial charge < -0.3 is 9.88 Å². The van der Waals surface area contributed by atoms with Gasteiger partial charge in [-0.2, -0.15) is 0 Å². The number of hydrogen-bond acceptors (Lipinski definition) is 2. The number of nitrogens with one attached hydrogen (secondary N) is 1. The number of hydrogen-bond donors (Lipinski definition) is 1. The molecule has 19 heavy (non-hydrogen) atoms. The molecule has 1 saturated carbocycles. The summed E-state index contributed by atoms with van der Waals surface area (Å²) in [5.41, 5.74) is 2.07. The molecule has 1 aliphatic carbocycles. The second-order valence-electron chi connectivity index (χ2n) is 4.93. The molecule has 0 bridgehead atoms. The fourth-order valence-corrected chi connectivity index (χ4v) is 2.35. The third-order valence-electron chi connectivity index (χ3n) is 3.20. The van der Waals surface area contributed by atoms with Crippen LogP contribution in [0, 0.1) is 0 Å². The van der Waals surface area contributed by atoms with E-state index in [0.717, 1.165) is 22.8 Å². The molecule has 0 saturated heterocycles. The molecule has 3 nitrogen and oxygen atoms in total. The van der Waals surface area contributed by atoms with Gasteiger partial charge in [0.2, 0.25) is 0 Å². The SMILES string of the molecule is Clc1ccc(Cl)c(Cn2cnc(CNC3CC3)c2)c1. The third kappa shape index (κ3) is 3.50. The van der Waals surface area contributed by atoms with Crippen molar-refractivity contribution < 1.29 is 0 Å². The van der Waals surface area contributed by atoms with E-state index in [1.165, 1.54) is 12.8 Å². The number of halogens is 2. The molecular formula is C14H15Cl2N3. The Morgan fingerprint density at radius 2 is 2.16 bits per heavy atom. The highest BCUT2D eigenvalue weighted by Gasteiger charge is 2.20. The van der Waals surface area contributed by atoms with Crippen LogP contribution in [0.5, 0.6) is 0 Å². The topological polar surface area (TPSA) is 29.9 Å². The number of benzene rings is 1. The van der Waals surface area contributed by atoms with Gasteiger partial charge in [0, 0.05) is 28.8 Å². The molecule has 0 unspecified atom stereocenters. The van der Waals surface area contributed by atoms with Crippen LogP contribution in [0.25, 0.3) is 0 Å². The second-order valence-corrected chi connectivity index (χ2v) is 5.77. The molecule has 0 atom stereocenters. The van der Waals surface area contributed by atoms with E-state index in [0.29, 0.717) is 17.6 Å². The lowest BCUT2D eigenvalue weighted by Crippen LogP contribution is -2.15. The molecule has 1 aromatic carbocycles. The lowest BCUT2D eigenvalue weighted by molar-refractivity contribution is 0.676.